The van der Waals surface area contributed by atoms with Gasteiger partial charge in [0.05, 0.1) is 34.4 Å². The standard InChI is InChI=1S/C21H26O6/c1-5-14-26-16-8-10-17(11-9-16)27-19(22)13-7-15-6-12-18(23-2)21(25-4)20(15)24-3/h6,8-12H,5,7,13-14H2,1-4H3. The maximum Gasteiger partial charge on any atom is 0.311 e. The van der Waals surface area contributed by atoms with Gasteiger partial charge < -0.3 is 23.7 Å². The van der Waals surface area contributed by atoms with Crippen molar-refractivity contribution in [2.75, 3.05) is 27.9 Å². The zero-order valence-corrected chi connectivity index (χ0v) is 16.2. The van der Waals surface area contributed by atoms with Gasteiger partial charge in [-0.3, -0.25) is 4.79 Å². The molecule has 0 amide bonds. The summed E-state index contributed by atoms with van der Waals surface area (Å²) in [6.07, 6.45) is 1.61. The highest BCUT2D eigenvalue weighted by molar-refractivity contribution is 5.73. The van der Waals surface area contributed by atoms with Crippen molar-refractivity contribution in [2.24, 2.45) is 0 Å². The van der Waals surface area contributed by atoms with Crippen LogP contribution in [0.25, 0.3) is 0 Å². The average molecular weight is 374 g/mol. The minimum Gasteiger partial charge on any atom is -0.494 e. The number of carbonyl (C=O) groups excluding carboxylic acids is 1. The second kappa shape index (κ2) is 10.3. The third kappa shape index (κ3) is 5.54. The number of rotatable bonds is 10. The van der Waals surface area contributed by atoms with Crippen molar-refractivity contribution in [3.05, 3.63) is 42.0 Å². The lowest BCUT2D eigenvalue weighted by atomic mass is 10.1. The van der Waals surface area contributed by atoms with E-state index in [-0.39, 0.29) is 12.4 Å². The summed E-state index contributed by atoms with van der Waals surface area (Å²) in [6.45, 7) is 2.70. The predicted octanol–water partition coefficient (Wildman–Crippen LogP) is 4.04. The number of aryl methyl sites for hydroxylation is 1. The van der Waals surface area contributed by atoms with Crippen molar-refractivity contribution in [3.8, 4) is 28.7 Å². The maximum atomic E-state index is 12.2. The van der Waals surface area contributed by atoms with Gasteiger partial charge in [0.15, 0.2) is 11.5 Å². The maximum absolute atomic E-state index is 12.2. The average Bonchev–Trinajstić information content (AvgIpc) is 2.70. The lowest BCUT2D eigenvalue weighted by Crippen LogP contribution is -2.09. The lowest BCUT2D eigenvalue weighted by molar-refractivity contribution is -0.134. The molecule has 0 saturated carbocycles. The molecule has 2 aromatic carbocycles. The van der Waals surface area contributed by atoms with Crippen LogP contribution in [0, 0.1) is 0 Å². The largest absolute Gasteiger partial charge is 0.494 e. The van der Waals surface area contributed by atoms with Crippen molar-refractivity contribution in [1.29, 1.82) is 0 Å². The number of ether oxygens (including phenoxy) is 5. The Hall–Kier alpha value is -2.89. The molecular formula is C21H26O6. The van der Waals surface area contributed by atoms with Crippen LogP contribution in [0.3, 0.4) is 0 Å². The zero-order valence-electron chi connectivity index (χ0n) is 16.2. The van der Waals surface area contributed by atoms with Gasteiger partial charge >= 0.3 is 5.97 Å². The van der Waals surface area contributed by atoms with Gasteiger partial charge in [-0.25, -0.2) is 0 Å². The number of hydrogen-bond acceptors (Lipinski definition) is 6. The first kappa shape index (κ1) is 20.4. The van der Waals surface area contributed by atoms with E-state index in [2.05, 4.69) is 0 Å². The molecule has 146 valence electrons. The molecule has 0 fully saturated rings. The Bertz CT molecular complexity index is 739. The van der Waals surface area contributed by atoms with Crippen LogP contribution in [0.1, 0.15) is 25.3 Å². The van der Waals surface area contributed by atoms with Crippen LogP contribution in [-0.2, 0) is 11.2 Å². The molecule has 0 atom stereocenters. The molecule has 0 unspecified atom stereocenters. The summed E-state index contributed by atoms with van der Waals surface area (Å²) in [4.78, 5) is 12.2. The fraction of sp³-hybridized carbons (Fsp3) is 0.381. The van der Waals surface area contributed by atoms with Crippen molar-refractivity contribution in [2.45, 2.75) is 26.2 Å². The van der Waals surface area contributed by atoms with Gasteiger partial charge in [0, 0.05) is 0 Å². The zero-order chi connectivity index (χ0) is 19.6. The number of benzene rings is 2. The molecule has 0 spiro atoms. The molecule has 27 heavy (non-hydrogen) atoms. The van der Waals surface area contributed by atoms with Crippen LogP contribution in [0.4, 0.5) is 0 Å². The number of hydrogen-bond donors (Lipinski definition) is 0. The van der Waals surface area contributed by atoms with E-state index in [0.717, 1.165) is 17.7 Å². The van der Waals surface area contributed by atoms with E-state index in [0.29, 0.717) is 36.0 Å². The first-order chi connectivity index (χ1) is 13.1. The highest BCUT2D eigenvalue weighted by Gasteiger charge is 2.17. The Morgan fingerprint density at radius 2 is 1.52 bits per heavy atom. The molecule has 2 rings (SSSR count). The molecule has 2 aromatic rings. The Morgan fingerprint density at radius 3 is 2.11 bits per heavy atom. The van der Waals surface area contributed by atoms with Crippen molar-refractivity contribution < 1.29 is 28.5 Å². The predicted molar refractivity (Wildman–Crippen MR) is 102 cm³/mol. The van der Waals surface area contributed by atoms with Crippen LogP contribution in [0.5, 0.6) is 28.7 Å². The summed E-state index contributed by atoms with van der Waals surface area (Å²) in [5, 5.41) is 0. The molecule has 0 N–H and O–H groups in total. The summed E-state index contributed by atoms with van der Waals surface area (Å²) in [6, 6.07) is 10.7. The molecule has 0 aliphatic rings. The van der Waals surface area contributed by atoms with Crippen LogP contribution < -0.4 is 23.7 Å². The smallest absolute Gasteiger partial charge is 0.311 e. The molecule has 0 aliphatic heterocycles. The summed E-state index contributed by atoms with van der Waals surface area (Å²) >= 11 is 0. The van der Waals surface area contributed by atoms with Gasteiger partial charge in [0.1, 0.15) is 11.5 Å². The lowest BCUT2D eigenvalue weighted by Gasteiger charge is -2.15. The molecule has 0 heterocycles. The summed E-state index contributed by atoms with van der Waals surface area (Å²) in [5.74, 6) is 2.56. The van der Waals surface area contributed by atoms with E-state index < -0.39 is 0 Å². The molecule has 0 saturated heterocycles. The first-order valence-electron chi connectivity index (χ1n) is 8.84. The van der Waals surface area contributed by atoms with Crippen molar-refractivity contribution in [3.63, 3.8) is 0 Å². The topological polar surface area (TPSA) is 63.2 Å². The fourth-order valence-corrected chi connectivity index (χ4v) is 2.60. The summed E-state index contributed by atoms with van der Waals surface area (Å²) < 4.78 is 27.0. The third-order valence-electron chi connectivity index (χ3n) is 3.91. The Balaban J connectivity index is 1.97. The van der Waals surface area contributed by atoms with Crippen molar-refractivity contribution in [1.82, 2.24) is 0 Å². The minimum atomic E-state index is -0.325. The van der Waals surface area contributed by atoms with Gasteiger partial charge in [0.25, 0.3) is 0 Å². The Morgan fingerprint density at radius 1 is 0.852 bits per heavy atom. The quantitative estimate of drug-likeness (QED) is 0.462. The minimum absolute atomic E-state index is 0.208. The highest BCUT2D eigenvalue weighted by Crippen LogP contribution is 2.40. The molecule has 0 radical (unpaired) electrons. The van der Waals surface area contributed by atoms with E-state index in [4.69, 9.17) is 23.7 Å². The van der Waals surface area contributed by atoms with E-state index in [1.54, 1.807) is 51.7 Å². The van der Waals surface area contributed by atoms with E-state index in [1.165, 1.54) is 0 Å². The van der Waals surface area contributed by atoms with E-state index >= 15 is 0 Å². The summed E-state index contributed by atoms with van der Waals surface area (Å²) in [7, 11) is 4.67. The molecular weight excluding hydrogens is 348 g/mol. The second-order valence-corrected chi connectivity index (χ2v) is 5.79. The van der Waals surface area contributed by atoms with Crippen molar-refractivity contribution >= 4 is 5.97 Å². The van der Waals surface area contributed by atoms with Crippen LogP contribution in [0.15, 0.2) is 36.4 Å². The van der Waals surface area contributed by atoms with E-state index in [1.807, 2.05) is 13.0 Å². The highest BCUT2D eigenvalue weighted by atomic mass is 16.5. The SMILES string of the molecule is CCCOc1ccc(OC(=O)CCc2ccc(OC)c(OC)c2OC)cc1. The molecule has 6 heteroatoms. The molecule has 0 bridgehead atoms. The second-order valence-electron chi connectivity index (χ2n) is 5.79. The van der Waals surface area contributed by atoms with Gasteiger partial charge in [-0.1, -0.05) is 13.0 Å². The van der Waals surface area contributed by atoms with Crippen LogP contribution >= 0.6 is 0 Å². The van der Waals surface area contributed by atoms with Gasteiger partial charge in [-0.2, -0.15) is 0 Å². The number of carbonyl (C=O) groups is 1. The third-order valence-corrected chi connectivity index (χ3v) is 3.91. The first-order valence-corrected chi connectivity index (χ1v) is 8.84. The van der Waals surface area contributed by atoms with Gasteiger partial charge in [-0.15, -0.1) is 0 Å². The monoisotopic (exact) mass is 374 g/mol. The fourth-order valence-electron chi connectivity index (χ4n) is 2.60. The summed E-state index contributed by atoms with van der Waals surface area (Å²) in [5.41, 5.74) is 0.843. The normalized spacial score (nSPS) is 10.2. The van der Waals surface area contributed by atoms with Crippen LogP contribution in [-0.4, -0.2) is 33.9 Å². The van der Waals surface area contributed by atoms with Gasteiger partial charge in [0.2, 0.25) is 5.75 Å². The van der Waals surface area contributed by atoms with E-state index in [9.17, 15) is 4.79 Å². The molecule has 0 aromatic heterocycles. The number of esters is 1. The Labute approximate surface area is 160 Å². The number of methoxy groups -OCH3 is 3. The molecule has 0 aliphatic carbocycles. The van der Waals surface area contributed by atoms with Crippen LogP contribution in [0.2, 0.25) is 0 Å². The van der Waals surface area contributed by atoms with Gasteiger partial charge in [-0.05, 0) is 48.7 Å². The molecule has 6 nitrogen and oxygen atoms in total. The Kier molecular flexibility index (Phi) is 7.79.